The van der Waals surface area contributed by atoms with Crippen LogP contribution in [0.1, 0.15) is 51.9 Å². The Kier molecular flexibility index (Phi) is 4.26. The van der Waals surface area contributed by atoms with Gasteiger partial charge in [-0.15, -0.1) is 0 Å². The molecule has 1 aromatic rings. The summed E-state index contributed by atoms with van der Waals surface area (Å²) >= 11 is 0. The molecule has 0 radical (unpaired) electrons. The molecule has 114 valence electrons. The van der Waals surface area contributed by atoms with Crippen LogP contribution < -0.4 is 5.32 Å². The van der Waals surface area contributed by atoms with Crippen molar-refractivity contribution in [2.24, 2.45) is 7.05 Å². The van der Waals surface area contributed by atoms with Crippen LogP contribution in [0.25, 0.3) is 0 Å². The van der Waals surface area contributed by atoms with Crippen LogP contribution in [0.4, 0.5) is 0 Å². The van der Waals surface area contributed by atoms with Crippen molar-refractivity contribution in [2.45, 2.75) is 65.1 Å². The van der Waals surface area contributed by atoms with Crippen LogP contribution >= 0.6 is 0 Å². The van der Waals surface area contributed by atoms with Crippen molar-refractivity contribution in [1.29, 1.82) is 0 Å². The summed E-state index contributed by atoms with van der Waals surface area (Å²) in [6, 6.07) is 2.21. The SMILES string of the molecule is CCC1(C)CN(Cc2cc(C)nn2C)C(C)(CC)CN1. The first-order valence-corrected chi connectivity index (χ1v) is 7.81. The zero-order chi connectivity index (χ0) is 15.0. The molecule has 0 aliphatic carbocycles. The first-order valence-electron chi connectivity index (χ1n) is 7.81. The number of nitrogens with one attached hydrogen (secondary N) is 1. The summed E-state index contributed by atoms with van der Waals surface area (Å²) in [5, 5.41) is 8.24. The van der Waals surface area contributed by atoms with Crippen LogP contribution in [0, 0.1) is 6.92 Å². The van der Waals surface area contributed by atoms with Gasteiger partial charge in [0.05, 0.1) is 11.4 Å². The fraction of sp³-hybridized carbons (Fsp3) is 0.812. The predicted molar refractivity (Wildman–Crippen MR) is 83.7 cm³/mol. The zero-order valence-corrected chi connectivity index (χ0v) is 14.0. The highest BCUT2D eigenvalue weighted by Crippen LogP contribution is 2.29. The lowest BCUT2D eigenvalue weighted by Crippen LogP contribution is -2.67. The van der Waals surface area contributed by atoms with Gasteiger partial charge in [-0.3, -0.25) is 9.58 Å². The quantitative estimate of drug-likeness (QED) is 0.918. The average molecular weight is 278 g/mol. The molecule has 4 heteroatoms. The van der Waals surface area contributed by atoms with E-state index >= 15 is 0 Å². The fourth-order valence-electron chi connectivity index (χ4n) is 3.02. The standard InChI is InChI=1S/C16H30N4/c1-7-15(4)12-20(16(5,8-2)11-17-15)10-14-9-13(3)18-19(14)6/h9,17H,7-8,10-12H2,1-6H3. The van der Waals surface area contributed by atoms with Gasteiger partial charge in [0.2, 0.25) is 0 Å². The number of piperazine rings is 1. The first kappa shape index (κ1) is 15.5. The molecule has 20 heavy (non-hydrogen) atoms. The number of aromatic nitrogens is 2. The third-order valence-corrected chi connectivity index (χ3v) is 5.19. The summed E-state index contributed by atoms with van der Waals surface area (Å²) in [7, 11) is 2.05. The van der Waals surface area contributed by atoms with Gasteiger partial charge in [0.1, 0.15) is 0 Å². The minimum Gasteiger partial charge on any atom is -0.308 e. The number of aryl methyl sites for hydroxylation is 2. The molecule has 1 N–H and O–H groups in total. The van der Waals surface area contributed by atoms with Gasteiger partial charge < -0.3 is 5.32 Å². The topological polar surface area (TPSA) is 33.1 Å². The van der Waals surface area contributed by atoms with Gasteiger partial charge >= 0.3 is 0 Å². The molecule has 2 heterocycles. The van der Waals surface area contributed by atoms with E-state index in [1.807, 2.05) is 11.7 Å². The maximum atomic E-state index is 4.48. The molecule has 1 aliphatic rings. The maximum absolute atomic E-state index is 4.48. The van der Waals surface area contributed by atoms with Gasteiger partial charge in [-0.2, -0.15) is 5.10 Å². The molecule has 1 aromatic heterocycles. The van der Waals surface area contributed by atoms with E-state index in [4.69, 9.17) is 0 Å². The lowest BCUT2D eigenvalue weighted by molar-refractivity contribution is 0.00878. The van der Waals surface area contributed by atoms with Crippen LogP contribution in [0.3, 0.4) is 0 Å². The van der Waals surface area contributed by atoms with Crippen molar-refractivity contribution in [1.82, 2.24) is 20.0 Å². The van der Waals surface area contributed by atoms with Crippen LogP contribution in [-0.4, -0.2) is 38.8 Å². The van der Waals surface area contributed by atoms with Gasteiger partial charge in [-0.1, -0.05) is 13.8 Å². The summed E-state index contributed by atoms with van der Waals surface area (Å²) in [6.07, 6.45) is 2.32. The van der Waals surface area contributed by atoms with Gasteiger partial charge in [0.25, 0.3) is 0 Å². The third-order valence-electron chi connectivity index (χ3n) is 5.19. The molecule has 0 bridgehead atoms. The lowest BCUT2D eigenvalue weighted by atomic mass is 9.85. The lowest BCUT2D eigenvalue weighted by Gasteiger charge is -2.52. The Morgan fingerprint density at radius 3 is 2.50 bits per heavy atom. The minimum absolute atomic E-state index is 0.225. The molecular formula is C16H30N4. The maximum Gasteiger partial charge on any atom is 0.0597 e. The number of rotatable bonds is 4. The normalized spacial score (nSPS) is 31.7. The van der Waals surface area contributed by atoms with Gasteiger partial charge in [0, 0.05) is 37.8 Å². The molecule has 2 rings (SSSR count). The Hall–Kier alpha value is -0.870. The Labute approximate surface area is 123 Å². The predicted octanol–water partition coefficient (Wildman–Crippen LogP) is 2.47. The van der Waals surface area contributed by atoms with Crippen LogP contribution in [0.15, 0.2) is 6.07 Å². The highest BCUT2D eigenvalue weighted by molar-refractivity contribution is 5.11. The van der Waals surface area contributed by atoms with Crippen LogP contribution in [0.5, 0.6) is 0 Å². The Morgan fingerprint density at radius 1 is 1.30 bits per heavy atom. The van der Waals surface area contributed by atoms with E-state index in [0.29, 0.717) is 0 Å². The second kappa shape index (κ2) is 5.49. The second-order valence-corrected chi connectivity index (χ2v) is 6.87. The van der Waals surface area contributed by atoms with Gasteiger partial charge in [-0.05, 0) is 39.7 Å². The monoisotopic (exact) mass is 278 g/mol. The van der Waals surface area contributed by atoms with Crippen molar-refractivity contribution in [3.8, 4) is 0 Å². The summed E-state index contributed by atoms with van der Waals surface area (Å²) in [4.78, 5) is 2.64. The molecule has 4 nitrogen and oxygen atoms in total. The largest absolute Gasteiger partial charge is 0.308 e. The number of hydrogen-bond donors (Lipinski definition) is 1. The molecule has 2 atom stereocenters. The van der Waals surface area contributed by atoms with Gasteiger partial charge in [0.15, 0.2) is 0 Å². The van der Waals surface area contributed by atoms with E-state index in [1.165, 1.54) is 5.69 Å². The Morgan fingerprint density at radius 2 is 2.00 bits per heavy atom. The summed E-state index contributed by atoms with van der Waals surface area (Å²) in [5.41, 5.74) is 2.87. The molecule has 1 aliphatic heterocycles. The first-order chi connectivity index (χ1) is 9.32. The smallest absolute Gasteiger partial charge is 0.0597 e. The molecular weight excluding hydrogens is 248 g/mol. The van der Waals surface area contributed by atoms with Crippen molar-refractivity contribution in [2.75, 3.05) is 13.1 Å². The molecule has 1 fully saturated rings. The third kappa shape index (κ3) is 2.91. The molecule has 0 spiro atoms. The Balaban J connectivity index is 2.22. The zero-order valence-electron chi connectivity index (χ0n) is 14.0. The van der Waals surface area contributed by atoms with E-state index in [-0.39, 0.29) is 11.1 Å². The summed E-state index contributed by atoms with van der Waals surface area (Å²) in [6.45, 7) is 14.5. The van der Waals surface area contributed by atoms with Gasteiger partial charge in [-0.25, -0.2) is 0 Å². The number of nitrogens with zero attached hydrogens (tertiary/aromatic N) is 3. The van der Waals surface area contributed by atoms with Crippen LogP contribution in [0.2, 0.25) is 0 Å². The molecule has 1 saturated heterocycles. The van der Waals surface area contributed by atoms with E-state index in [2.05, 4.69) is 56.0 Å². The van der Waals surface area contributed by atoms with Crippen molar-refractivity contribution in [3.05, 3.63) is 17.5 Å². The molecule has 0 aromatic carbocycles. The minimum atomic E-state index is 0.225. The average Bonchev–Trinajstić information content (AvgIpc) is 2.73. The highest BCUT2D eigenvalue weighted by Gasteiger charge is 2.41. The Bertz CT molecular complexity index is 467. The van der Waals surface area contributed by atoms with E-state index in [1.54, 1.807) is 0 Å². The summed E-state index contributed by atoms with van der Waals surface area (Å²) in [5.74, 6) is 0. The van der Waals surface area contributed by atoms with Crippen molar-refractivity contribution in [3.63, 3.8) is 0 Å². The van der Waals surface area contributed by atoms with E-state index in [0.717, 1.165) is 38.2 Å². The number of hydrogen-bond acceptors (Lipinski definition) is 3. The molecule has 2 unspecified atom stereocenters. The van der Waals surface area contributed by atoms with E-state index in [9.17, 15) is 0 Å². The fourth-order valence-corrected chi connectivity index (χ4v) is 3.02. The van der Waals surface area contributed by atoms with Crippen molar-refractivity contribution < 1.29 is 0 Å². The summed E-state index contributed by atoms with van der Waals surface area (Å²) < 4.78 is 2.02. The van der Waals surface area contributed by atoms with E-state index < -0.39 is 0 Å². The highest BCUT2D eigenvalue weighted by atomic mass is 15.3. The molecule has 0 saturated carbocycles. The van der Waals surface area contributed by atoms with Crippen LogP contribution in [-0.2, 0) is 13.6 Å². The van der Waals surface area contributed by atoms with Crippen molar-refractivity contribution >= 4 is 0 Å². The second-order valence-electron chi connectivity index (χ2n) is 6.87. The molecule has 0 amide bonds.